The van der Waals surface area contributed by atoms with Crippen LogP contribution in [0.4, 0.5) is 0 Å². The van der Waals surface area contributed by atoms with E-state index in [1.165, 1.54) is 6.92 Å². The van der Waals surface area contributed by atoms with Gasteiger partial charge >= 0.3 is 0 Å². The van der Waals surface area contributed by atoms with Gasteiger partial charge < -0.3 is 10.2 Å². The monoisotopic (exact) mass is 250 g/mol. The van der Waals surface area contributed by atoms with Crippen molar-refractivity contribution in [3.8, 4) is 0 Å². The molecule has 1 heterocycles. The summed E-state index contributed by atoms with van der Waals surface area (Å²) in [6, 6.07) is 0. The molecule has 4 nitrogen and oxygen atoms in total. The third kappa shape index (κ3) is 4.38. The highest BCUT2D eigenvalue weighted by Crippen LogP contribution is 1.97. The Bertz CT molecular complexity index is 191. The molecule has 1 fully saturated rings. The normalized spacial score (nSPS) is 16.2. The Kier molecular flexibility index (Phi) is 5.90. The Morgan fingerprint density at radius 3 is 2.31 bits per heavy atom. The molecule has 1 saturated heterocycles. The summed E-state index contributed by atoms with van der Waals surface area (Å²) in [5.74, 6) is -0.0949. The number of ketones is 1. The summed E-state index contributed by atoms with van der Waals surface area (Å²) in [6.07, 6.45) is 0.0556. The first-order valence-electron chi connectivity index (χ1n) is 4.18. The quantitative estimate of drug-likeness (QED) is 0.701. The fraction of sp³-hybridized carbons (Fsp3) is 0.750. The van der Waals surface area contributed by atoms with Gasteiger partial charge in [0.2, 0.25) is 5.91 Å². The van der Waals surface area contributed by atoms with Crippen molar-refractivity contribution >= 4 is 28.7 Å². The molecule has 5 heteroatoms. The van der Waals surface area contributed by atoms with E-state index < -0.39 is 0 Å². The molecule has 76 valence electrons. The Morgan fingerprint density at radius 1 is 1.31 bits per heavy atom. The summed E-state index contributed by atoms with van der Waals surface area (Å²) in [6.45, 7) is 4.58. The minimum absolute atomic E-state index is 0. The predicted molar refractivity (Wildman–Crippen MR) is 55.1 cm³/mol. The first-order chi connectivity index (χ1) is 5.70. The summed E-state index contributed by atoms with van der Waals surface area (Å²) >= 11 is 0. The molecule has 0 aromatic heterocycles. The fourth-order valence-corrected chi connectivity index (χ4v) is 1.24. The van der Waals surface area contributed by atoms with Crippen molar-refractivity contribution in [3.05, 3.63) is 0 Å². The third-order valence-corrected chi connectivity index (χ3v) is 1.87. The maximum Gasteiger partial charge on any atom is 0.230 e. The summed E-state index contributed by atoms with van der Waals surface area (Å²) < 4.78 is 0. The van der Waals surface area contributed by atoms with E-state index >= 15 is 0 Å². The molecule has 0 aromatic carbocycles. The van der Waals surface area contributed by atoms with E-state index in [1.54, 1.807) is 4.90 Å². The summed E-state index contributed by atoms with van der Waals surface area (Å²) in [5.41, 5.74) is 0. The van der Waals surface area contributed by atoms with Crippen LogP contribution in [0.2, 0.25) is 0 Å². The van der Waals surface area contributed by atoms with Gasteiger partial charge in [0.1, 0.15) is 5.78 Å². The molecule has 1 rings (SSSR count). The molecule has 0 aliphatic carbocycles. The van der Waals surface area contributed by atoms with E-state index in [9.17, 15) is 9.59 Å². The van der Waals surface area contributed by atoms with Crippen LogP contribution in [-0.4, -0.2) is 42.8 Å². The molecule has 1 N–H and O–H groups in total. The van der Waals surface area contributed by atoms with Crippen molar-refractivity contribution in [2.75, 3.05) is 26.2 Å². The largest absolute Gasteiger partial charge is 0.340 e. The highest BCUT2D eigenvalue weighted by molar-refractivity contribution is 8.93. The highest BCUT2D eigenvalue weighted by Gasteiger charge is 2.16. The standard InChI is InChI=1S/C8H14N2O2.BrH/c1-7(11)6-8(12)10-4-2-9-3-5-10;/h9H,2-6H2,1H3;1H. The number of piperazine rings is 1. The van der Waals surface area contributed by atoms with Crippen LogP contribution >= 0.6 is 17.0 Å². The lowest BCUT2D eigenvalue weighted by atomic mass is 10.2. The summed E-state index contributed by atoms with van der Waals surface area (Å²) in [7, 11) is 0. The lowest BCUT2D eigenvalue weighted by molar-refractivity contribution is -0.135. The maximum atomic E-state index is 11.3. The molecule has 0 saturated carbocycles. The minimum Gasteiger partial charge on any atom is -0.340 e. The van der Waals surface area contributed by atoms with Gasteiger partial charge in [0.15, 0.2) is 0 Å². The number of carbonyl (C=O) groups is 2. The lowest BCUT2D eigenvalue weighted by Gasteiger charge is -2.27. The Morgan fingerprint density at radius 2 is 1.85 bits per heavy atom. The number of hydrogen-bond acceptors (Lipinski definition) is 3. The topological polar surface area (TPSA) is 49.4 Å². The summed E-state index contributed by atoms with van der Waals surface area (Å²) in [5, 5.41) is 3.14. The van der Waals surface area contributed by atoms with E-state index in [2.05, 4.69) is 5.32 Å². The first-order valence-corrected chi connectivity index (χ1v) is 4.18. The van der Waals surface area contributed by atoms with Gasteiger partial charge in [0.05, 0.1) is 6.42 Å². The Balaban J connectivity index is 0.00000144. The van der Waals surface area contributed by atoms with E-state index in [1.807, 2.05) is 0 Å². The van der Waals surface area contributed by atoms with Gasteiger partial charge in [-0.3, -0.25) is 9.59 Å². The van der Waals surface area contributed by atoms with Crippen LogP contribution in [0.3, 0.4) is 0 Å². The van der Waals surface area contributed by atoms with Gasteiger partial charge in [-0.2, -0.15) is 0 Å². The SMILES string of the molecule is Br.CC(=O)CC(=O)N1CCNCC1. The number of halogens is 1. The van der Waals surface area contributed by atoms with Crippen molar-refractivity contribution in [3.63, 3.8) is 0 Å². The summed E-state index contributed by atoms with van der Waals surface area (Å²) in [4.78, 5) is 23.7. The second-order valence-electron chi connectivity index (χ2n) is 3.01. The van der Waals surface area contributed by atoms with Gasteiger partial charge in [-0.25, -0.2) is 0 Å². The van der Waals surface area contributed by atoms with Gasteiger partial charge in [-0.15, -0.1) is 17.0 Å². The number of nitrogens with zero attached hydrogens (tertiary/aromatic N) is 1. The van der Waals surface area contributed by atoms with E-state index in [0.29, 0.717) is 0 Å². The number of carbonyl (C=O) groups excluding carboxylic acids is 2. The van der Waals surface area contributed by atoms with Crippen LogP contribution in [0, 0.1) is 0 Å². The molecule has 0 spiro atoms. The Labute approximate surface area is 88.4 Å². The number of Topliss-reactive ketones (excluding diaryl/α,β-unsaturated/α-hetero) is 1. The molecule has 0 bridgehead atoms. The fourth-order valence-electron chi connectivity index (χ4n) is 1.24. The maximum absolute atomic E-state index is 11.3. The average Bonchev–Trinajstić information content (AvgIpc) is 2.05. The smallest absolute Gasteiger partial charge is 0.230 e. The van der Waals surface area contributed by atoms with Crippen molar-refractivity contribution < 1.29 is 9.59 Å². The molecule has 0 atom stereocenters. The van der Waals surface area contributed by atoms with Gasteiger partial charge in [0, 0.05) is 26.2 Å². The third-order valence-electron chi connectivity index (χ3n) is 1.87. The molecule has 13 heavy (non-hydrogen) atoms. The van der Waals surface area contributed by atoms with Crippen LogP contribution in [0.5, 0.6) is 0 Å². The molecule has 1 aliphatic rings. The zero-order valence-corrected chi connectivity index (χ0v) is 9.42. The van der Waals surface area contributed by atoms with Crippen LogP contribution in [0.15, 0.2) is 0 Å². The van der Waals surface area contributed by atoms with E-state index in [0.717, 1.165) is 26.2 Å². The van der Waals surface area contributed by atoms with Crippen molar-refractivity contribution in [2.24, 2.45) is 0 Å². The molecule has 1 aliphatic heterocycles. The zero-order chi connectivity index (χ0) is 8.97. The molecule has 1 amide bonds. The van der Waals surface area contributed by atoms with Gasteiger partial charge in [-0.1, -0.05) is 0 Å². The van der Waals surface area contributed by atoms with Crippen LogP contribution in [0.25, 0.3) is 0 Å². The number of nitrogens with one attached hydrogen (secondary N) is 1. The zero-order valence-electron chi connectivity index (χ0n) is 7.71. The minimum atomic E-state index is -0.0569. The predicted octanol–water partition coefficient (Wildman–Crippen LogP) is -0.0248. The second-order valence-corrected chi connectivity index (χ2v) is 3.01. The van der Waals surface area contributed by atoms with E-state index in [-0.39, 0.29) is 35.1 Å². The molecule has 0 radical (unpaired) electrons. The number of hydrogen-bond donors (Lipinski definition) is 1. The van der Waals surface area contributed by atoms with Crippen LogP contribution in [0.1, 0.15) is 13.3 Å². The van der Waals surface area contributed by atoms with Crippen LogP contribution in [-0.2, 0) is 9.59 Å². The molecule has 0 aromatic rings. The second kappa shape index (κ2) is 6.10. The molecular formula is C8H15BrN2O2. The molecular weight excluding hydrogens is 236 g/mol. The molecule has 0 unspecified atom stereocenters. The number of amides is 1. The lowest BCUT2D eigenvalue weighted by Crippen LogP contribution is -2.46. The highest BCUT2D eigenvalue weighted by atomic mass is 79.9. The van der Waals surface area contributed by atoms with Crippen LogP contribution < -0.4 is 5.32 Å². The van der Waals surface area contributed by atoms with Crippen molar-refractivity contribution in [1.29, 1.82) is 0 Å². The van der Waals surface area contributed by atoms with Gasteiger partial charge in [0.25, 0.3) is 0 Å². The average molecular weight is 251 g/mol. The first kappa shape index (κ1) is 12.6. The van der Waals surface area contributed by atoms with Gasteiger partial charge in [-0.05, 0) is 6.92 Å². The van der Waals surface area contributed by atoms with E-state index in [4.69, 9.17) is 0 Å². The Hall–Kier alpha value is -0.420. The van der Waals surface area contributed by atoms with Crippen molar-refractivity contribution in [1.82, 2.24) is 10.2 Å². The number of rotatable bonds is 2. The van der Waals surface area contributed by atoms with Crippen molar-refractivity contribution in [2.45, 2.75) is 13.3 Å².